The van der Waals surface area contributed by atoms with Gasteiger partial charge in [-0.2, -0.15) is 0 Å². The van der Waals surface area contributed by atoms with Crippen LogP contribution in [0.4, 0.5) is 0 Å². The molecule has 0 bridgehead atoms. The Labute approximate surface area is 82.1 Å². The number of nitrogens with zero attached hydrogens (tertiary/aromatic N) is 1. The van der Waals surface area contributed by atoms with Crippen LogP contribution < -0.4 is 5.30 Å². The van der Waals surface area contributed by atoms with Crippen molar-refractivity contribution in [3.8, 4) is 0 Å². The minimum absolute atomic E-state index is 0.233. The summed E-state index contributed by atoms with van der Waals surface area (Å²) in [4.78, 5) is 10.1. The molecule has 0 N–H and O–H groups in total. The third kappa shape index (κ3) is 2.39. The van der Waals surface area contributed by atoms with Crippen LogP contribution in [0.5, 0.6) is 0 Å². The van der Waals surface area contributed by atoms with Crippen molar-refractivity contribution in [2.75, 3.05) is 6.61 Å². The van der Waals surface area contributed by atoms with Crippen LogP contribution in [0.25, 0.3) is 0 Å². The van der Waals surface area contributed by atoms with Crippen molar-refractivity contribution in [3.63, 3.8) is 0 Å². The van der Waals surface area contributed by atoms with Gasteiger partial charge in [0.2, 0.25) is 6.08 Å². The van der Waals surface area contributed by atoms with Crippen LogP contribution in [0.15, 0.2) is 35.1 Å². The van der Waals surface area contributed by atoms with Gasteiger partial charge in [-0.05, 0) is 19.1 Å². The minimum atomic E-state index is -3.37. The fourth-order valence-corrected chi connectivity index (χ4v) is 2.33. The molecule has 0 heterocycles. The van der Waals surface area contributed by atoms with Crippen LogP contribution in [0, 0.1) is 0 Å². The van der Waals surface area contributed by atoms with Gasteiger partial charge in [-0.3, -0.25) is 4.57 Å². The lowest BCUT2D eigenvalue weighted by molar-refractivity contribution is 0.341. The third-order valence-electron chi connectivity index (χ3n) is 1.56. The molecule has 1 unspecified atom stereocenters. The second-order valence-electron chi connectivity index (χ2n) is 2.47. The highest BCUT2D eigenvalue weighted by Crippen LogP contribution is 2.46. The van der Waals surface area contributed by atoms with Gasteiger partial charge in [-0.15, -0.1) is 4.76 Å². The van der Waals surface area contributed by atoms with Crippen molar-refractivity contribution in [1.29, 1.82) is 0 Å². The lowest BCUT2D eigenvalue weighted by Gasteiger charge is -2.10. The molecule has 1 rings (SSSR count). The van der Waals surface area contributed by atoms with E-state index < -0.39 is 7.52 Å². The normalized spacial score (nSPS) is 14.1. The number of hydrogen-bond donors (Lipinski definition) is 0. The minimum Gasteiger partial charge on any atom is -0.309 e. The number of carbonyl (C=O) groups excluding carboxylic acids is 1. The highest BCUT2D eigenvalue weighted by molar-refractivity contribution is 7.65. The fourth-order valence-electron chi connectivity index (χ4n) is 1.01. The van der Waals surface area contributed by atoms with E-state index in [4.69, 9.17) is 4.52 Å². The molecular weight excluding hydrogens is 201 g/mol. The second kappa shape index (κ2) is 4.87. The molecule has 1 aromatic rings. The molecule has 5 heteroatoms. The van der Waals surface area contributed by atoms with E-state index in [9.17, 15) is 9.36 Å². The van der Waals surface area contributed by atoms with Crippen molar-refractivity contribution in [2.24, 2.45) is 4.76 Å². The van der Waals surface area contributed by atoms with Gasteiger partial charge in [0.15, 0.2) is 0 Å². The number of benzene rings is 1. The van der Waals surface area contributed by atoms with Crippen LogP contribution >= 0.6 is 7.52 Å². The first kappa shape index (κ1) is 10.9. The molecule has 14 heavy (non-hydrogen) atoms. The zero-order valence-electron chi connectivity index (χ0n) is 7.71. The van der Waals surface area contributed by atoms with Crippen molar-refractivity contribution in [2.45, 2.75) is 6.92 Å². The lowest BCUT2D eigenvalue weighted by Crippen LogP contribution is -2.04. The predicted octanol–water partition coefficient (Wildman–Crippen LogP) is 1.88. The molecule has 4 nitrogen and oxygen atoms in total. The van der Waals surface area contributed by atoms with Crippen molar-refractivity contribution in [3.05, 3.63) is 30.3 Å². The average molecular weight is 211 g/mol. The number of isocyanates is 1. The van der Waals surface area contributed by atoms with Gasteiger partial charge in [0.05, 0.1) is 11.9 Å². The topological polar surface area (TPSA) is 55.7 Å². The van der Waals surface area contributed by atoms with Gasteiger partial charge in [-0.25, -0.2) is 4.79 Å². The Morgan fingerprint density at radius 1 is 1.43 bits per heavy atom. The monoisotopic (exact) mass is 211 g/mol. The molecule has 0 saturated carbocycles. The summed E-state index contributed by atoms with van der Waals surface area (Å²) in [6, 6.07) is 8.42. The van der Waals surface area contributed by atoms with Gasteiger partial charge in [0, 0.05) is 0 Å². The quantitative estimate of drug-likeness (QED) is 0.434. The van der Waals surface area contributed by atoms with Crippen LogP contribution in [0.2, 0.25) is 0 Å². The molecule has 0 radical (unpaired) electrons. The van der Waals surface area contributed by atoms with Gasteiger partial charge in [0.1, 0.15) is 0 Å². The Hall–Kier alpha value is -1.21. The Balaban J connectivity index is 3.12. The number of rotatable bonds is 4. The van der Waals surface area contributed by atoms with Crippen LogP contribution in [-0.4, -0.2) is 12.7 Å². The van der Waals surface area contributed by atoms with Crippen molar-refractivity contribution >= 4 is 18.9 Å². The van der Waals surface area contributed by atoms with Gasteiger partial charge in [-0.1, -0.05) is 18.2 Å². The summed E-state index contributed by atoms with van der Waals surface area (Å²) >= 11 is 0. The van der Waals surface area contributed by atoms with E-state index in [0.717, 1.165) is 0 Å². The molecule has 0 aliphatic rings. The summed E-state index contributed by atoms with van der Waals surface area (Å²) in [6.45, 7) is 1.92. The molecule has 74 valence electrons. The molecular formula is C9H10NO3P. The molecule has 0 aromatic heterocycles. The van der Waals surface area contributed by atoms with Crippen LogP contribution in [0.3, 0.4) is 0 Å². The first-order chi connectivity index (χ1) is 6.73. The maximum absolute atomic E-state index is 12.0. The molecule has 0 aliphatic carbocycles. The van der Waals surface area contributed by atoms with E-state index >= 15 is 0 Å². The maximum atomic E-state index is 12.0. The highest BCUT2D eigenvalue weighted by atomic mass is 31.2. The van der Waals surface area contributed by atoms with E-state index in [0.29, 0.717) is 5.30 Å². The van der Waals surface area contributed by atoms with Crippen molar-refractivity contribution < 1.29 is 13.9 Å². The Kier molecular flexibility index (Phi) is 3.78. The summed E-state index contributed by atoms with van der Waals surface area (Å²) in [6.07, 6.45) is 1.28. The average Bonchev–Trinajstić information content (AvgIpc) is 2.20. The first-order valence-electron chi connectivity index (χ1n) is 4.12. The van der Waals surface area contributed by atoms with Gasteiger partial charge in [0.25, 0.3) is 0 Å². The molecule has 1 aromatic carbocycles. The maximum Gasteiger partial charge on any atom is 0.355 e. The Morgan fingerprint density at radius 3 is 2.57 bits per heavy atom. The van der Waals surface area contributed by atoms with E-state index in [1.165, 1.54) is 6.08 Å². The summed E-state index contributed by atoms with van der Waals surface area (Å²) < 4.78 is 20.2. The Bertz CT molecular complexity index is 384. The molecule has 0 saturated heterocycles. The van der Waals surface area contributed by atoms with Crippen molar-refractivity contribution in [1.82, 2.24) is 0 Å². The van der Waals surface area contributed by atoms with E-state index in [1.807, 2.05) is 0 Å². The van der Waals surface area contributed by atoms with Gasteiger partial charge < -0.3 is 4.52 Å². The second-order valence-corrected chi connectivity index (χ2v) is 4.48. The molecule has 0 aliphatic heterocycles. The summed E-state index contributed by atoms with van der Waals surface area (Å²) in [7, 11) is -3.37. The molecule has 0 fully saturated rings. The summed E-state index contributed by atoms with van der Waals surface area (Å²) in [5.41, 5.74) is 0. The summed E-state index contributed by atoms with van der Waals surface area (Å²) in [5, 5.41) is 0.408. The zero-order chi connectivity index (χ0) is 10.4. The predicted molar refractivity (Wildman–Crippen MR) is 53.4 cm³/mol. The lowest BCUT2D eigenvalue weighted by atomic mass is 10.4. The third-order valence-corrected chi connectivity index (χ3v) is 3.46. The first-order valence-corrected chi connectivity index (χ1v) is 5.70. The number of hydrogen-bond acceptors (Lipinski definition) is 3. The SMILES string of the molecule is CCOP(=O)(N=C=O)c1ccccc1. The van der Waals surface area contributed by atoms with Crippen LogP contribution in [0.1, 0.15) is 6.92 Å². The highest BCUT2D eigenvalue weighted by Gasteiger charge is 2.24. The van der Waals surface area contributed by atoms with E-state index in [1.54, 1.807) is 37.3 Å². The van der Waals surface area contributed by atoms with Gasteiger partial charge >= 0.3 is 7.52 Å². The Morgan fingerprint density at radius 2 is 2.07 bits per heavy atom. The van der Waals surface area contributed by atoms with Crippen LogP contribution in [-0.2, 0) is 13.9 Å². The molecule has 0 amide bonds. The largest absolute Gasteiger partial charge is 0.355 e. The smallest absolute Gasteiger partial charge is 0.309 e. The summed E-state index contributed by atoms with van der Waals surface area (Å²) in [5.74, 6) is 0. The molecule has 0 spiro atoms. The molecule has 1 atom stereocenters. The zero-order valence-corrected chi connectivity index (χ0v) is 8.61. The standard InChI is InChI=1S/C9H10NO3P/c1-2-13-14(12,10-8-11)9-6-4-3-5-7-9/h3-7H,2H2,1H3. The van der Waals surface area contributed by atoms with E-state index in [2.05, 4.69) is 4.76 Å². The van der Waals surface area contributed by atoms with E-state index in [-0.39, 0.29) is 6.61 Å². The fraction of sp³-hybridized carbons (Fsp3) is 0.222.